The number of halogens is 2. The van der Waals surface area contributed by atoms with Crippen LogP contribution < -0.4 is 0 Å². The fraction of sp³-hybridized carbons (Fsp3) is 0. The molecule has 0 bridgehead atoms. The lowest BCUT2D eigenvalue weighted by Gasteiger charge is -1.99. The van der Waals surface area contributed by atoms with E-state index >= 15 is 0 Å². The Kier molecular flexibility index (Phi) is 3.20. The van der Waals surface area contributed by atoms with Gasteiger partial charge in [-0.15, -0.1) is 11.3 Å². The molecule has 2 aromatic carbocycles. The maximum Gasteiger partial charge on any atom is 0.126 e. The Balaban J connectivity index is 2.02. The summed E-state index contributed by atoms with van der Waals surface area (Å²) < 4.78 is 26.4. The molecule has 100 valence electrons. The van der Waals surface area contributed by atoms with Crippen molar-refractivity contribution < 1.29 is 13.9 Å². The maximum atomic E-state index is 13.2. The Morgan fingerprint density at radius 1 is 0.950 bits per heavy atom. The number of hydrogen-bond acceptors (Lipinski definition) is 3. The predicted molar refractivity (Wildman–Crippen MR) is 74.6 cm³/mol. The van der Waals surface area contributed by atoms with Gasteiger partial charge in [0, 0.05) is 22.6 Å². The molecule has 3 aromatic rings. The zero-order valence-electron chi connectivity index (χ0n) is 10.2. The molecule has 0 unspecified atom stereocenters. The molecule has 0 fully saturated rings. The Labute approximate surface area is 118 Å². The lowest BCUT2D eigenvalue weighted by Crippen LogP contribution is -1.84. The smallest absolute Gasteiger partial charge is 0.126 e. The third-order valence-corrected chi connectivity index (χ3v) is 3.65. The average Bonchev–Trinajstić information content (AvgIpc) is 2.87. The van der Waals surface area contributed by atoms with Gasteiger partial charge in [0.2, 0.25) is 0 Å². The van der Waals surface area contributed by atoms with Gasteiger partial charge in [-0.3, -0.25) is 0 Å². The first-order chi connectivity index (χ1) is 9.61. The third-order valence-electron chi connectivity index (χ3n) is 2.76. The van der Waals surface area contributed by atoms with E-state index < -0.39 is 11.6 Å². The van der Waals surface area contributed by atoms with E-state index in [2.05, 4.69) is 4.98 Å². The molecule has 0 atom stereocenters. The van der Waals surface area contributed by atoms with Gasteiger partial charge >= 0.3 is 0 Å². The van der Waals surface area contributed by atoms with E-state index in [-0.39, 0.29) is 5.75 Å². The van der Waals surface area contributed by atoms with Crippen molar-refractivity contribution in [2.45, 2.75) is 0 Å². The Morgan fingerprint density at radius 2 is 1.70 bits per heavy atom. The Bertz CT molecular complexity index is 750. The van der Waals surface area contributed by atoms with Crippen LogP contribution in [0.1, 0.15) is 0 Å². The summed E-state index contributed by atoms with van der Waals surface area (Å²) >= 11 is 1.35. The normalized spacial score (nSPS) is 10.7. The first-order valence-electron chi connectivity index (χ1n) is 5.83. The van der Waals surface area contributed by atoms with Crippen LogP contribution in [0, 0.1) is 11.6 Å². The van der Waals surface area contributed by atoms with Crippen molar-refractivity contribution in [1.82, 2.24) is 4.98 Å². The summed E-state index contributed by atoms with van der Waals surface area (Å²) in [6.07, 6.45) is 0. The van der Waals surface area contributed by atoms with Crippen LogP contribution in [0.15, 0.2) is 47.8 Å². The molecule has 20 heavy (non-hydrogen) atoms. The molecule has 0 aliphatic heterocycles. The molecule has 0 aliphatic rings. The standard InChI is InChI=1S/C15H9F2NOS/c16-11-4-10(5-12(17)7-11)14-8-20-15(18-14)9-2-1-3-13(19)6-9/h1-8,19H. The van der Waals surface area contributed by atoms with Gasteiger partial charge in [0.1, 0.15) is 22.4 Å². The fourth-order valence-electron chi connectivity index (χ4n) is 1.88. The van der Waals surface area contributed by atoms with Gasteiger partial charge < -0.3 is 5.11 Å². The van der Waals surface area contributed by atoms with Crippen LogP contribution in [-0.4, -0.2) is 10.1 Å². The van der Waals surface area contributed by atoms with Crippen LogP contribution in [0.4, 0.5) is 8.78 Å². The second-order valence-electron chi connectivity index (χ2n) is 4.25. The van der Waals surface area contributed by atoms with Gasteiger partial charge in [-0.1, -0.05) is 12.1 Å². The highest BCUT2D eigenvalue weighted by atomic mass is 32.1. The topological polar surface area (TPSA) is 33.1 Å². The quantitative estimate of drug-likeness (QED) is 0.755. The van der Waals surface area contributed by atoms with Gasteiger partial charge in [-0.2, -0.15) is 0 Å². The van der Waals surface area contributed by atoms with E-state index in [1.165, 1.54) is 23.5 Å². The average molecular weight is 289 g/mol. The summed E-state index contributed by atoms with van der Waals surface area (Å²) in [5.41, 5.74) is 1.66. The van der Waals surface area contributed by atoms with Crippen LogP contribution in [0.5, 0.6) is 5.75 Å². The summed E-state index contributed by atoms with van der Waals surface area (Å²) in [5, 5.41) is 11.9. The molecular weight excluding hydrogens is 280 g/mol. The molecule has 0 saturated carbocycles. The SMILES string of the molecule is Oc1cccc(-c2nc(-c3cc(F)cc(F)c3)cs2)c1. The molecule has 2 nitrogen and oxygen atoms in total. The summed E-state index contributed by atoms with van der Waals surface area (Å²) in [7, 11) is 0. The fourth-order valence-corrected chi connectivity index (χ4v) is 2.71. The zero-order chi connectivity index (χ0) is 14.1. The second kappa shape index (κ2) is 5.02. The lowest BCUT2D eigenvalue weighted by atomic mass is 10.1. The summed E-state index contributed by atoms with van der Waals surface area (Å²) in [4.78, 5) is 4.35. The number of aromatic hydroxyl groups is 1. The van der Waals surface area contributed by atoms with E-state index in [4.69, 9.17) is 0 Å². The molecule has 0 saturated heterocycles. The van der Waals surface area contributed by atoms with Crippen LogP contribution in [0.3, 0.4) is 0 Å². The van der Waals surface area contributed by atoms with Crippen molar-refractivity contribution in [3.8, 4) is 27.6 Å². The Hall–Kier alpha value is -2.27. The largest absolute Gasteiger partial charge is 0.508 e. The van der Waals surface area contributed by atoms with Crippen molar-refractivity contribution in [2.75, 3.05) is 0 Å². The number of phenols is 1. The molecule has 0 aliphatic carbocycles. The molecule has 0 spiro atoms. The van der Waals surface area contributed by atoms with E-state index in [1.54, 1.807) is 23.6 Å². The maximum absolute atomic E-state index is 13.2. The second-order valence-corrected chi connectivity index (χ2v) is 5.10. The number of hydrogen-bond donors (Lipinski definition) is 1. The van der Waals surface area contributed by atoms with E-state index in [9.17, 15) is 13.9 Å². The lowest BCUT2D eigenvalue weighted by molar-refractivity contribution is 0.475. The minimum Gasteiger partial charge on any atom is -0.508 e. The minimum absolute atomic E-state index is 0.149. The number of phenolic OH excluding ortho intramolecular Hbond substituents is 1. The number of benzene rings is 2. The van der Waals surface area contributed by atoms with E-state index in [0.29, 0.717) is 16.3 Å². The minimum atomic E-state index is -0.632. The van der Waals surface area contributed by atoms with Crippen LogP contribution >= 0.6 is 11.3 Å². The molecule has 1 N–H and O–H groups in total. The van der Waals surface area contributed by atoms with Gasteiger partial charge in [-0.05, 0) is 24.3 Å². The van der Waals surface area contributed by atoms with E-state index in [0.717, 1.165) is 11.6 Å². The first kappa shape index (κ1) is 12.7. The highest BCUT2D eigenvalue weighted by molar-refractivity contribution is 7.13. The first-order valence-corrected chi connectivity index (χ1v) is 6.71. The van der Waals surface area contributed by atoms with Gasteiger partial charge in [-0.25, -0.2) is 13.8 Å². The van der Waals surface area contributed by atoms with Crippen LogP contribution in [0.25, 0.3) is 21.8 Å². The van der Waals surface area contributed by atoms with Crippen molar-refractivity contribution in [3.63, 3.8) is 0 Å². The molecule has 1 aromatic heterocycles. The molecular formula is C15H9F2NOS. The molecule has 0 radical (unpaired) electrons. The van der Waals surface area contributed by atoms with Crippen molar-refractivity contribution in [3.05, 3.63) is 59.5 Å². The molecule has 0 amide bonds. The molecule has 3 rings (SSSR count). The Morgan fingerprint density at radius 3 is 2.40 bits per heavy atom. The number of thiazole rings is 1. The summed E-state index contributed by atoms with van der Waals surface area (Å²) in [5.74, 6) is -1.12. The monoisotopic (exact) mass is 289 g/mol. The predicted octanol–water partition coefficient (Wildman–Crippen LogP) is 4.46. The van der Waals surface area contributed by atoms with Crippen LogP contribution in [0.2, 0.25) is 0 Å². The highest BCUT2D eigenvalue weighted by Crippen LogP contribution is 2.30. The highest BCUT2D eigenvalue weighted by Gasteiger charge is 2.09. The summed E-state index contributed by atoms with van der Waals surface area (Å²) in [6, 6.07) is 10.00. The van der Waals surface area contributed by atoms with Gasteiger partial charge in [0.05, 0.1) is 5.69 Å². The summed E-state index contributed by atoms with van der Waals surface area (Å²) in [6.45, 7) is 0. The van der Waals surface area contributed by atoms with Crippen molar-refractivity contribution in [1.29, 1.82) is 0 Å². The zero-order valence-corrected chi connectivity index (χ0v) is 11.0. The number of nitrogens with zero attached hydrogens (tertiary/aromatic N) is 1. The van der Waals surface area contributed by atoms with Crippen molar-refractivity contribution in [2.24, 2.45) is 0 Å². The van der Waals surface area contributed by atoms with Crippen molar-refractivity contribution >= 4 is 11.3 Å². The van der Waals surface area contributed by atoms with Crippen LogP contribution in [-0.2, 0) is 0 Å². The molecule has 5 heteroatoms. The number of rotatable bonds is 2. The van der Waals surface area contributed by atoms with Gasteiger partial charge in [0.25, 0.3) is 0 Å². The molecule has 1 heterocycles. The van der Waals surface area contributed by atoms with E-state index in [1.807, 2.05) is 6.07 Å². The third kappa shape index (κ3) is 2.53. The van der Waals surface area contributed by atoms with Gasteiger partial charge in [0.15, 0.2) is 0 Å². The number of aromatic nitrogens is 1.